The molecule has 0 spiro atoms. The number of fused-ring (bicyclic) bond motifs is 1. The van der Waals surface area contributed by atoms with Crippen molar-refractivity contribution >= 4 is 38.9 Å². The topological polar surface area (TPSA) is 32.8 Å². The number of nitrogens with zero attached hydrogens (tertiary/aromatic N) is 2. The number of amides is 1. The molecule has 0 atom stereocenters. The zero-order valence-electron chi connectivity index (χ0n) is 17.3. The van der Waals surface area contributed by atoms with Gasteiger partial charge in [-0.1, -0.05) is 41.9 Å². The van der Waals surface area contributed by atoms with Crippen LogP contribution in [0.2, 0.25) is 5.02 Å². The van der Waals surface area contributed by atoms with Crippen molar-refractivity contribution in [3.8, 4) is 5.75 Å². The molecule has 0 saturated carbocycles. The maximum Gasteiger partial charge on any atom is 0.222 e. The summed E-state index contributed by atoms with van der Waals surface area (Å²) in [5.41, 5.74) is 1.17. The molecule has 0 N–H and O–H groups in total. The molecule has 1 amide bonds. The number of hydrogen-bond acceptors (Lipinski definition) is 4. The number of halogens is 1. The summed E-state index contributed by atoms with van der Waals surface area (Å²) >= 11 is 8.40. The monoisotopic (exact) mass is 442 g/mol. The molecule has 1 aromatic heterocycles. The van der Waals surface area contributed by atoms with Gasteiger partial charge in [0.2, 0.25) is 5.91 Å². The molecule has 4 nitrogen and oxygen atoms in total. The normalized spacial score (nSPS) is 15.3. The quantitative estimate of drug-likeness (QED) is 0.524. The number of hydrogen-bond donors (Lipinski definition) is 0. The van der Waals surface area contributed by atoms with Crippen molar-refractivity contribution in [2.45, 2.75) is 25.8 Å². The van der Waals surface area contributed by atoms with Gasteiger partial charge in [-0.05, 0) is 36.6 Å². The highest BCUT2D eigenvalue weighted by molar-refractivity contribution is 7.19. The number of rotatable bonds is 6. The first kappa shape index (κ1) is 21.2. The lowest BCUT2D eigenvalue weighted by molar-refractivity contribution is -0.131. The van der Waals surface area contributed by atoms with Gasteiger partial charge in [0.05, 0.1) is 12.1 Å². The number of carbonyl (C=O) groups is 1. The molecule has 2 aromatic carbocycles. The van der Waals surface area contributed by atoms with Gasteiger partial charge in [0.1, 0.15) is 5.75 Å². The second-order valence-corrected chi connectivity index (χ2v) is 9.21. The summed E-state index contributed by atoms with van der Waals surface area (Å²) in [5, 5.41) is 2.02. The largest absolute Gasteiger partial charge is 0.497 e. The second-order valence-electron chi connectivity index (χ2n) is 7.69. The Hall–Kier alpha value is -2.08. The fourth-order valence-electron chi connectivity index (χ4n) is 3.95. The van der Waals surface area contributed by atoms with Gasteiger partial charge < -0.3 is 9.64 Å². The van der Waals surface area contributed by atoms with Gasteiger partial charge in [-0.2, -0.15) is 0 Å². The van der Waals surface area contributed by atoms with E-state index in [4.69, 9.17) is 16.3 Å². The summed E-state index contributed by atoms with van der Waals surface area (Å²) in [6, 6.07) is 16.3. The molecule has 1 aliphatic rings. The lowest BCUT2D eigenvalue weighted by atomic mass is 10.1. The van der Waals surface area contributed by atoms with Crippen molar-refractivity contribution in [1.29, 1.82) is 0 Å². The lowest BCUT2D eigenvalue weighted by Gasteiger charge is -2.22. The predicted octanol–water partition coefficient (Wildman–Crippen LogP) is 5.23. The highest BCUT2D eigenvalue weighted by Gasteiger charge is 2.20. The summed E-state index contributed by atoms with van der Waals surface area (Å²) in [7, 11) is 1.66. The molecule has 0 radical (unpaired) electrons. The Morgan fingerprint density at radius 2 is 1.87 bits per heavy atom. The number of methoxy groups -OCH3 is 1. The van der Waals surface area contributed by atoms with Crippen molar-refractivity contribution in [3.05, 3.63) is 64.0 Å². The van der Waals surface area contributed by atoms with Gasteiger partial charge in [0.15, 0.2) is 0 Å². The minimum atomic E-state index is 0.243. The highest BCUT2D eigenvalue weighted by Crippen LogP contribution is 2.36. The first-order valence-electron chi connectivity index (χ1n) is 10.4. The Morgan fingerprint density at radius 3 is 2.63 bits per heavy atom. The second kappa shape index (κ2) is 9.82. The van der Waals surface area contributed by atoms with Crippen LogP contribution in [0.1, 0.15) is 23.3 Å². The van der Waals surface area contributed by atoms with Crippen molar-refractivity contribution in [3.63, 3.8) is 0 Å². The fourth-order valence-corrected chi connectivity index (χ4v) is 5.48. The summed E-state index contributed by atoms with van der Waals surface area (Å²) in [6.07, 6.45) is 2.31. The van der Waals surface area contributed by atoms with Crippen molar-refractivity contribution in [1.82, 2.24) is 9.80 Å². The maximum absolute atomic E-state index is 12.7. The fraction of sp³-hybridized carbons (Fsp3) is 0.375. The van der Waals surface area contributed by atoms with Crippen LogP contribution in [0, 0.1) is 0 Å². The standard InChI is InChI=1S/C24H27ClN2O2S/c1-29-19-10-7-18(8-11-19)9-12-23(28)27-14-4-13-26(15-16-27)17-22-24(25)20-5-2-3-6-21(20)30-22/h2-3,5-8,10-11H,4,9,12-17H2,1H3. The SMILES string of the molecule is COc1ccc(CCC(=O)N2CCCN(Cc3sc4ccccc4c3Cl)CC2)cc1. The van der Waals surface area contributed by atoms with Crippen LogP contribution in [-0.4, -0.2) is 49.0 Å². The maximum atomic E-state index is 12.7. The van der Waals surface area contributed by atoms with Crippen LogP contribution in [0.5, 0.6) is 5.75 Å². The van der Waals surface area contributed by atoms with E-state index in [1.807, 2.05) is 35.2 Å². The third-order valence-corrected chi connectivity index (χ3v) is 7.40. The van der Waals surface area contributed by atoms with E-state index in [0.717, 1.165) is 61.7 Å². The molecule has 1 fully saturated rings. The molecule has 2 heterocycles. The molecule has 1 saturated heterocycles. The average molecular weight is 443 g/mol. The van der Waals surface area contributed by atoms with E-state index in [0.29, 0.717) is 6.42 Å². The van der Waals surface area contributed by atoms with Crippen LogP contribution < -0.4 is 4.74 Å². The predicted molar refractivity (Wildman–Crippen MR) is 125 cm³/mol. The van der Waals surface area contributed by atoms with Crippen LogP contribution in [0.3, 0.4) is 0 Å². The van der Waals surface area contributed by atoms with Gasteiger partial charge in [-0.25, -0.2) is 0 Å². The number of carbonyl (C=O) groups excluding carboxylic acids is 1. The Kier molecular flexibility index (Phi) is 6.93. The highest BCUT2D eigenvalue weighted by atomic mass is 35.5. The summed E-state index contributed by atoms with van der Waals surface area (Å²) in [6.45, 7) is 4.35. The lowest BCUT2D eigenvalue weighted by Crippen LogP contribution is -2.35. The molecule has 6 heteroatoms. The molecule has 0 aliphatic carbocycles. The summed E-state index contributed by atoms with van der Waals surface area (Å²) < 4.78 is 6.43. The first-order chi connectivity index (χ1) is 14.6. The van der Waals surface area contributed by atoms with Gasteiger partial charge in [0.25, 0.3) is 0 Å². The minimum Gasteiger partial charge on any atom is -0.497 e. The van der Waals surface area contributed by atoms with E-state index in [-0.39, 0.29) is 5.91 Å². The zero-order valence-corrected chi connectivity index (χ0v) is 18.8. The third-order valence-electron chi connectivity index (χ3n) is 5.70. The zero-order chi connectivity index (χ0) is 20.9. The molecule has 1 aliphatic heterocycles. The molecule has 30 heavy (non-hydrogen) atoms. The Balaban J connectivity index is 1.30. The van der Waals surface area contributed by atoms with Crippen LogP contribution in [0.25, 0.3) is 10.1 Å². The van der Waals surface area contributed by atoms with Crippen LogP contribution >= 0.6 is 22.9 Å². The van der Waals surface area contributed by atoms with E-state index in [2.05, 4.69) is 23.1 Å². The molecule has 0 bridgehead atoms. The minimum absolute atomic E-state index is 0.243. The van der Waals surface area contributed by atoms with E-state index in [9.17, 15) is 4.79 Å². The van der Waals surface area contributed by atoms with Crippen molar-refractivity contribution < 1.29 is 9.53 Å². The van der Waals surface area contributed by atoms with Gasteiger partial charge in [-0.15, -0.1) is 11.3 Å². The summed E-state index contributed by atoms with van der Waals surface area (Å²) in [4.78, 5) is 18.4. The van der Waals surface area contributed by atoms with E-state index < -0.39 is 0 Å². The number of thiophene rings is 1. The molecule has 158 valence electrons. The number of benzene rings is 2. The van der Waals surface area contributed by atoms with Gasteiger partial charge in [-0.3, -0.25) is 9.69 Å². The van der Waals surface area contributed by atoms with Crippen LogP contribution in [0.15, 0.2) is 48.5 Å². The molecule has 4 rings (SSSR count). The van der Waals surface area contributed by atoms with Crippen LogP contribution in [0.4, 0.5) is 0 Å². The molecular weight excluding hydrogens is 416 g/mol. The van der Waals surface area contributed by atoms with Crippen molar-refractivity contribution in [2.75, 3.05) is 33.3 Å². The summed E-state index contributed by atoms with van der Waals surface area (Å²) in [5.74, 6) is 1.09. The Labute approximate surface area is 187 Å². The van der Waals surface area contributed by atoms with Gasteiger partial charge in [0, 0.05) is 54.1 Å². The molecule has 3 aromatic rings. The number of ether oxygens (including phenoxy) is 1. The first-order valence-corrected chi connectivity index (χ1v) is 11.6. The van der Waals surface area contributed by atoms with Gasteiger partial charge >= 0.3 is 0 Å². The van der Waals surface area contributed by atoms with E-state index in [1.165, 1.54) is 15.1 Å². The Morgan fingerprint density at radius 1 is 1.07 bits per heavy atom. The van der Waals surface area contributed by atoms with Crippen LogP contribution in [-0.2, 0) is 17.8 Å². The van der Waals surface area contributed by atoms with E-state index in [1.54, 1.807) is 18.4 Å². The third kappa shape index (κ3) is 4.97. The number of aryl methyl sites for hydroxylation is 1. The van der Waals surface area contributed by atoms with E-state index >= 15 is 0 Å². The smallest absolute Gasteiger partial charge is 0.222 e. The average Bonchev–Trinajstić information content (AvgIpc) is 2.93. The molecular formula is C24H27ClN2O2S. The molecule has 0 unspecified atom stereocenters. The van der Waals surface area contributed by atoms with Crippen molar-refractivity contribution in [2.24, 2.45) is 0 Å². The Bertz CT molecular complexity index is 1000.